The maximum absolute atomic E-state index is 14.1. The minimum Gasteiger partial charge on any atom is -0.465 e. The molecule has 0 spiro atoms. The molecule has 0 aromatic carbocycles. The third kappa shape index (κ3) is 2.95. The van der Waals surface area contributed by atoms with Crippen LogP contribution in [-0.2, 0) is 5.41 Å². The minimum absolute atomic E-state index is 0.105. The molecule has 26 heavy (non-hydrogen) atoms. The molecule has 2 aromatic rings. The van der Waals surface area contributed by atoms with Gasteiger partial charge in [0.25, 0.3) is 0 Å². The SMILES string of the molecule is O=C(O)N1CC(c2ccc(NCC3(c4ncccc4F)CCC3)nn2)C1. The van der Waals surface area contributed by atoms with Crippen LogP contribution in [0.4, 0.5) is 15.0 Å². The van der Waals surface area contributed by atoms with E-state index in [-0.39, 0.29) is 17.2 Å². The van der Waals surface area contributed by atoms with Crippen LogP contribution in [0.5, 0.6) is 0 Å². The number of carbonyl (C=O) groups is 1. The van der Waals surface area contributed by atoms with Crippen molar-refractivity contribution in [1.29, 1.82) is 0 Å². The number of amides is 1. The van der Waals surface area contributed by atoms with Gasteiger partial charge in [0, 0.05) is 37.2 Å². The number of nitrogens with zero attached hydrogens (tertiary/aromatic N) is 4. The van der Waals surface area contributed by atoms with Crippen LogP contribution in [0.1, 0.15) is 36.6 Å². The smallest absolute Gasteiger partial charge is 0.407 e. The van der Waals surface area contributed by atoms with Crippen molar-refractivity contribution < 1.29 is 14.3 Å². The van der Waals surface area contributed by atoms with E-state index < -0.39 is 6.09 Å². The molecule has 3 heterocycles. The van der Waals surface area contributed by atoms with Crippen LogP contribution in [0.15, 0.2) is 30.5 Å². The molecule has 136 valence electrons. The van der Waals surface area contributed by atoms with Gasteiger partial charge in [-0.15, -0.1) is 5.10 Å². The summed E-state index contributed by atoms with van der Waals surface area (Å²) in [6, 6.07) is 6.77. The lowest BCUT2D eigenvalue weighted by molar-refractivity contribution is 0.104. The number of halogens is 1. The van der Waals surface area contributed by atoms with Crippen molar-refractivity contribution in [3.8, 4) is 0 Å². The molecule has 0 radical (unpaired) electrons. The summed E-state index contributed by atoms with van der Waals surface area (Å²) in [5, 5.41) is 20.5. The van der Waals surface area contributed by atoms with Crippen molar-refractivity contribution in [3.63, 3.8) is 0 Å². The quantitative estimate of drug-likeness (QED) is 0.855. The van der Waals surface area contributed by atoms with E-state index >= 15 is 0 Å². The standard InChI is InChI=1S/C18H20FN5O2/c19-13-3-1-8-20-16(13)18(6-2-7-18)11-21-15-5-4-14(22-23-15)12-9-24(10-12)17(25)26/h1,3-5,8,12H,2,6-7,9-11H2,(H,21,23)(H,25,26). The fourth-order valence-corrected chi connectivity index (χ4v) is 3.61. The summed E-state index contributed by atoms with van der Waals surface area (Å²) in [5.74, 6) is 0.474. The Morgan fingerprint density at radius 1 is 1.31 bits per heavy atom. The molecule has 0 bridgehead atoms. The zero-order valence-electron chi connectivity index (χ0n) is 14.2. The van der Waals surface area contributed by atoms with Crippen LogP contribution in [0.3, 0.4) is 0 Å². The van der Waals surface area contributed by atoms with E-state index in [0.717, 1.165) is 25.0 Å². The van der Waals surface area contributed by atoms with Crippen LogP contribution >= 0.6 is 0 Å². The summed E-state index contributed by atoms with van der Waals surface area (Å²) in [5.41, 5.74) is 1.02. The van der Waals surface area contributed by atoms with Crippen molar-refractivity contribution in [2.24, 2.45) is 0 Å². The summed E-state index contributed by atoms with van der Waals surface area (Å²) in [4.78, 5) is 16.4. The first-order valence-corrected chi connectivity index (χ1v) is 8.74. The highest BCUT2D eigenvalue weighted by Gasteiger charge is 2.41. The molecule has 7 nitrogen and oxygen atoms in total. The number of nitrogens with one attached hydrogen (secondary N) is 1. The number of carboxylic acid groups (broad SMARTS) is 1. The molecule has 2 aliphatic rings. The fraction of sp³-hybridized carbons (Fsp3) is 0.444. The van der Waals surface area contributed by atoms with Crippen molar-refractivity contribution in [2.75, 3.05) is 25.0 Å². The Hall–Kier alpha value is -2.77. The Kier molecular flexibility index (Phi) is 4.18. The monoisotopic (exact) mass is 357 g/mol. The van der Waals surface area contributed by atoms with Gasteiger partial charge in [-0.25, -0.2) is 9.18 Å². The van der Waals surface area contributed by atoms with E-state index in [9.17, 15) is 9.18 Å². The second-order valence-electron chi connectivity index (χ2n) is 7.05. The van der Waals surface area contributed by atoms with Crippen molar-refractivity contribution in [2.45, 2.75) is 30.6 Å². The van der Waals surface area contributed by atoms with Gasteiger partial charge in [-0.3, -0.25) is 4.98 Å². The van der Waals surface area contributed by atoms with E-state index in [1.165, 1.54) is 11.0 Å². The molecule has 1 aliphatic carbocycles. The summed E-state index contributed by atoms with van der Waals surface area (Å²) in [7, 11) is 0. The van der Waals surface area contributed by atoms with E-state index in [4.69, 9.17) is 5.11 Å². The Labute approximate surface area is 150 Å². The van der Waals surface area contributed by atoms with Gasteiger partial charge in [-0.2, -0.15) is 5.10 Å². The lowest BCUT2D eigenvalue weighted by Gasteiger charge is -2.41. The average Bonchev–Trinajstić information content (AvgIpc) is 2.55. The van der Waals surface area contributed by atoms with Gasteiger partial charge in [-0.05, 0) is 37.1 Å². The molecule has 0 atom stereocenters. The van der Waals surface area contributed by atoms with E-state index in [0.29, 0.717) is 31.1 Å². The van der Waals surface area contributed by atoms with Crippen molar-refractivity contribution in [3.05, 3.63) is 47.7 Å². The van der Waals surface area contributed by atoms with Crippen LogP contribution in [0, 0.1) is 5.82 Å². The second kappa shape index (κ2) is 6.51. The zero-order valence-corrected chi connectivity index (χ0v) is 14.2. The Morgan fingerprint density at radius 3 is 2.69 bits per heavy atom. The number of likely N-dealkylation sites (tertiary alicyclic amines) is 1. The predicted molar refractivity (Wildman–Crippen MR) is 92.6 cm³/mol. The molecule has 1 aliphatic heterocycles. The molecule has 0 unspecified atom stereocenters. The average molecular weight is 357 g/mol. The summed E-state index contributed by atoms with van der Waals surface area (Å²) >= 11 is 0. The number of anilines is 1. The van der Waals surface area contributed by atoms with Crippen molar-refractivity contribution >= 4 is 11.9 Å². The lowest BCUT2D eigenvalue weighted by Crippen LogP contribution is -2.48. The van der Waals surface area contributed by atoms with Crippen molar-refractivity contribution in [1.82, 2.24) is 20.1 Å². The van der Waals surface area contributed by atoms with Gasteiger partial charge in [-0.1, -0.05) is 6.42 Å². The number of pyridine rings is 1. The largest absolute Gasteiger partial charge is 0.465 e. The topological polar surface area (TPSA) is 91.2 Å². The van der Waals surface area contributed by atoms with Crippen LogP contribution in [-0.4, -0.2) is 50.9 Å². The number of hydrogen-bond acceptors (Lipinski definition) is 5. The minimum atomic E-state index is -0.903. The summed E-state index contributed by atoms with van der Waals surface area (Å²) < 4.78 is 14.1. The molecule has 2 fully saturated rings. The van der Waals surface area contributed by atoms with Crippen LogP contribution in [0.25, 0.3) is 0 Å². The molecule has 1 saturated heterocycles. The molecule has 2 aromatic heterocycles. The normalized spacial score (nSPS) is 18.7. The first-order chi connectivity index (χ1) is 12.6. The number of aromatic nitrogens is 3. The maximum atomic E-state index is 14.1. The molecule has 1 saturated carbocycles. The Balaban J connectivity index is 1.39. The molecule has 2 N–H and O–H groups in total. The second-order valence-corrected chi connectivity index (χ2v) is 7.05. The van der Waals surface area contributed by atoms with Gasteiger partial charge in [0.15, 0.2) is 0 Å². The van der Waals surface area contributed by atoms with E-state index in [1.54, 1.807) is 12.3 Å². The first-order valence-electron chi connectivity index (χ1n) is 8.74. The van der Waals surface area contributed by atoms with E-state index in [2.05, 4.69) is 20.5 Å². The first kappa shape index (κ1) is 16.7. The third-order valence-corrected chi connectivity index (χ3v) is 5.43. The maximum Gasteiger partial charge on any atom is 0.407 e. The number of rotatable bonds is 5. The molecule has 4 rings (SSSR count). The Morgan fingerprint density at radius 2 is 2.12 bits per heavy atom. The number of hydrogen-bond donors (Lipinski definition) is 2. The third-order valence-electron chi connectivity index (χ3n) is 5.43. The highest BCUT2D eigenvalue weighted by molar-refractivity contribution is 5.66. The van der Waals surface area contributed by atoms with Crippen LogP contribution in [0.2, 0.25) is 0 Å². The zero-order chi connectivity index (χ0) is 18.1. The summed E-state index contributed by atoms with van der Waals surface area (Å²) in [6.45, 7) is 1.48. The summed E-state index contributed by atoms with van der Waals surface area (Å²) in [6.07, 6.45) is 3.58. The van der Waals surface area contributed by atoms with Gasteiger partial charge in [0.1, 0.15) is 11.6 Å². The van der Waals surface area contributed by atoms with E-state index in [1.807, 2.05) is 12.1 Å². The lowest BCUT2D eigenvalue weighted by atomic mass is 9.66. The Bertz CT molecular complexity index is 803. The van der Waals surface area contributed by atoms with Gasteiger partial charge >= 0.3 is 6.09 Å². The van der Waals surface area contributed by atoms with Gasteiger partial charge < -0.3 is 15.3 Å². The van der Waals surface area contributed by atoms with Crippen LogP contribution < -0.4 is 5.32 Å². The predicted octanol–water partition coefficient (Wildman–Crippen LogP) is 2.62. The van der Waals surface area contributed by atoms with Gasteiger partial charge in [0.05, 0.1) is 11.4 Å². The molecule has 8 heteroatoms. The molecular formula is C18H20FN5O2. The van der Waals surface area contributed by atoms with Gasteiger partial charge in [0.2, 0.25) is 0 Å². The molecular weight excluding hydrogens is 337 g/mol. The highest BCUT2D eigenvalue weighted by Crippen LogP contribution is 2.43. The molecule has 1 amide bonds. The fourth-order valence-electron chi connectivity index (χ4n) is 3.61. The highest BCUT2D eigenvalue weighted by atomic mass is 19.1.